The third-order valence-electron chi connectivity index (χ3n) is 4.65. The fourth-order valence-electron chi connectivity index (χ4n) is 3.20. The summed E-state index contributed by atoms with van der Waals surface area (Å²) in [6, 6.07) is 4.10. The molecule has 0 bridgehead atoms. The van der Waals surface area contributed by atoms with Crippen molar-refractivity contribution in [3.8, 4) is 11.5 Å². The largest absolute Gasteiger partial charge is 0.486 e. The number of imide groups is 1. The molecule has 162 valence electrons. The molecule has 1 aromatic carbocycles. The molecule has 2 aromatic heterocycles. The molecule has 3 amide bonds. The van der Waals surface area contributed by atoms with E-state index in [2.05, 4.69) is 31.5 Å². The van der Waals surface area contributed by atoms with Gasteiger partial charge in [-0.3, -0.25) is 28.6 Å². The van der Waals surface area contributed by atoms with Crippen molar-refractivity contribution in [1.29, 1.82) is 0 Å². The van der Waals surface area contributed by atoms with Gasteiger partial charge in [0.05, 0.1) is 0 Å². The predicted molar refractivity (Wildman–Crippen MR) is 113 cm³/mol. The van der Waals surface area contributed by atoms with Crippen molar-refractivity contribution in [2.45, 2.75) is 6.54 Å². The summed E-state index contributed by atoms with van der Waals surface area (Å²) in [5.74, 6) is 0.386. The highest BCUT2D eigenvalue weighted by atomic mass is 79.9. The summed E-state index contributed by atoms with van der Waals surface area (Å²) < 4.78 is 14.5. The number of amides is 3. The average molecular weight is 493 g/mol. The SMILES string of the molecule is Cn1c(=O)c2nc(Br)n(CC(=O)NC(=O)Nc3ccc4c(c3)OCCO4)c2n(C)c1=O. The van der Waals surface area contributed by atoms with Gasteiger partial charge in [-0.1, -0.05) is 0 Å². The van der Waals surface area contributed by atoms with Crippen molar-refractivity contribution in [1.82, 2.24) is 24.0 Å². The maximum Gasteiger partial charge on any atom is 0.332 e. The van der Waals surface area contributed by atoms with Gasteiger partial charge in [0.2, 0.25) is 5.91 Å². The average Bonchev–Trinajstić information content (AvgIpc) is 3.06. The Morgan fingerprint density at radius 1 is 1.13 bits per heavy atom. The molecule has 0 unspecified atom stereocenters. The lowest BCUT2D eigenvalue weighted by Crippen LogP contribution is -2.39. The van der Waals surface area contributed by atoms with Gasteiger partial charge < -0.3 is 14.8 Å². The molecule has 0 fully saturated rings. The number of rotatable bonds is 3. The van der Waals surface area contributed by atoms with Crippen LogP contribution in [0.5, 0.6) is 11.5 Å². The second-order valence-corrected chi connectivity index (χ2v) is 7.41. The van der Waals surface area contributed by atoms with Crippen molar-refractivity contribution in [2.75, 3.05) is 18.5 Å². The summed E-state index contributed by atoms with van der Waals surface area (Å²) >= 11 is 3.19. The zero-order valence-electron chi connectivity index (χ0n) is 16.5. The number of nitrogens with zero attached hydrogens (tertiary/aromatic N) is 4. The van der Waals surface area contributed by atoms with Gasteiger partial charge in [0, 0.05) is 25.8 Å². The van der Waals surface area contributed by atoms with Crippen LogP contribution >= 0.6 is 15.9 Å². The lowest BCUT2D eigenvalue weighted by atomic mass is 10.2. The normalized spacial score (nSPS) is 12.6. The molecular formula is C18H17BrN6O6. The van der Waals surface area contributed by atoms with Gasteiger partial charge >= 0.3 is 11.7 Å². The molecule has 0 saturated heterocycles. The van der Waals surface area contributed by atoms with Gasteiger partial charge in [0.25, 0.3) is 5.56 Å². The number of urea groups is 1. The van der Waals surface area contributed by atoms with Crippen LogP contribution in [0.25, 0.3) is 11.2 Å². The second kappa shape index (κ2) is 7.91. The molecule has 2 N–H and O–H groups in total. The van der Waals surface area contributed by atoms with Crippen LogP contribution in [-0.2, 0) is 25.4 Å². The molecule has 0 saturated carbocycles. The van der Waals surface area contributed by atoms with Gasteiger partial charge in [-0.2, -0.15) is 0 Å². The lowest BCUT2D eigenvalue weighted by molar-refractivity contribution is -0.120. The molecule has 0 atom stereocenters. The van der Waals surface area contributed by atoms with Crippen molar-refractivity contribution in [2.24, 2.45) is 14.1 Å². The van der Waals surface area contributed by atoms with E-state index in [1.807, 2.05) is 0 Å². The van der Waals surface area contributed by atoms with Crippen LogP contribution in [0, 0.1) is 0 Å². The first-order valence-corrected chi connectivity index (χ1v) is 9.88. The second-order valence-electron chi connectivity index (χ2n) is 6.71. The molecule has 0 spiro atoms. The van der Waals surface area contributed by atoms with Crippen LogP contribution in [0.4, 0.5) is 10.5 Å². The molecule has 12 nitrogen and oxygen atoms in total. The van der Waals surface area contributed by atoms with E-state index in [0.29, 0.717) is 30.4 Å². The fraction of sp³-hybridized carbons (Fsp3) is 0.278. The number of aromatic nitrogens is 4. The van der Waals surface area contributed by atoms with E-state index in [4.69, 9.17) is 9.47 Å². The molecule has 3 heterocycles. The minimum absolute atomic E-state index is 0.0185. The zero-order valence-corrected chi connectivity index (χ0v) is 18.1. The highest BCUT2D eigenvalue weighted by molar-refractivity contribution is 9.10. The molecule has 1 aliphatic heterocycles. The third-order valence-corrected chi connectivity index (χ3v) is 5.25. The Balaban J connectivity index is 1.51. The van der Waals surface area contributed by atoms with Gasteiger partial charge in [-0.05, 0) is 28.1 Å². The lowest BCUT2D eigenvalue weighted by Gasteiger charge is -2.19. The number of aryl methyl sites for hydroxylation is 1. The van der Waals surface area contributed by atoms with Crippen LogP contribution < -0.4 is 31.4 Å². The van der Waals surface area contributed by atoms with Gasteiger partial charge in [-0.25, -0.2) is 14.6 Å². The van der Waals surface area contributed by atoms with Crippen LogP contribution in [0.15, 0.2) is 32.5 Å². The zero-order chi connectivity index (χ0) is 22.3. The number of anilines is 1. The molecular weight excluding hydrogens is 476 g/mol. The molecule has 1 aliphatic rings. The summed E-state index contributed by atoms with van der Waals surface area (Å²) in [7, 11) is 2.80. The van der Waals surface area contributed by atoms with Crippen LogP contribution in [0.3, 0.4) is 0 Å². The number of nitrogens with one attached hydrogen (secondary N) is 2. The number of hydrogen-bond donors (Lipinski definition) is 2. The van der Waals surface area contributed by atoms with E-state index in [1.54, 1.807) is 18.2 Å². The molecule has 0 radical (unpaired) electrons. The molecule has 13 heteroatoms. The number of carbonyl (C=O) groups excluding carboxylic acids is 2. The molecule has 4 rings (SSSR count). The molecule has 3 aromatic rings. The monoisotopic (exact) mass is 492 g/mol. The maximum atomic E-state index is 12.4. The quantitative estimate of drug-likeness (QED) is 0.501. The standard InChI is InChI=1S/C18H17BrN6O6/c1-23-14-13(15(27)24(2)18(23)29)22-16(19)25(14)8-12(26)21-17(28)20-9-3-4-10-11(7-9)31-6-5-30-10/h3-4,7H,5-6,8H2,1-2H3,(H2,20,21,26,28). The number of imidazole rings is 1. The van der Waals surface area contributed by atoms with Crippen molar-refractivity contribution in [3.05, 3.63) is 43.8 Å². The van der Waals surface area contributed by atoms with Crippen LogP contribution in [0.2, 0.25) is 0 Å². The van der Waals surface area contributed by atoms with Crippen LogP contribution in [-0.4, -0.2) is 43.8 Å². The fourth-order valence-corrected chi connectivity index (χ4v) is 3.67. The highest BCUT2D eigenvalue weighted by Gasteiger charge is 2.20. The summed E-state index contributed by atoms with van der Waals surface area (Å²) in [5.41, 5.74) is -0.570. The summed E-state index contributed by atoms with van der Waals surface area (Å²) in [5, 5.41) is 4.74. The Morgan fingerprint density at radius 2 is 1.84 bits per heavy atom. The minimum Gasteiger partial charge on any atom is -0.486 e. The Kier molecular flexibility index (Phi) is 5.27. The van der Waals surface area contributed by atoms with E-state index < -0.39 is 23.2 Å². The number of hydrogen-bond acceptors (Lipinski definition) is 7. The van der Waals surface area contributed by atoms with E-state index >= 15 is 0 Å². The Morgan fingerprint density at radius 3 is 2.58 bits per heavy atom. The van der Waals surface area contributed by atoms with E-state index in [9.17, 15) is 19.2 Å². The summed E-state index contributed by atoms with van der Waals surface area (Å²) in [4.78, 5) is 53.3. The Hall–Kier alpha value is -3.61. The highest BCUT2D eigenvalue weighted by Crippen LogP contribution is 2.32. The first kappa shape index (κ1) is 20.7. The smallest absolute Gasteiger partial charge is 0.332 e. The molecule has 31 heavy (non-hydrogen) atoms. The maximum absolute atomic E-state index is 12.4. The van der Waals surface area contributed by atoms with Gasteiger partial charge in [-0.15, -0.1) is 0 Å². The van der Waals surface area contributed by atoms with Gasteiger partial charge in [0.1, 0.15) is 19.8 Å². The number of fused-ring (bicyclic) bond motifs is 2. The van der Waals surface area contributed by atoms with Crippen molar-refractivity contribution in [3.63, 3.8) is 0 Å². The predicted octanol–water partition coefficient (Wildman–Crippen LogP) is 0.316. The van der Waals surface area contributed by atoms with Crippen molar-refractivity contribution >= 4 is 44.7 Å². The first-order chi connectivity index (χ1) is 14.8. The number of benzene rings is 1. The Bertz CT molecular complexity index is 1340. The first-order valence-electron chi connectivity index (χ1n) is 9.08. The Labute approximate surface area is 182 Å². The summed E-state index contributed by atoms with van der Waals surface area (Å²) in [6.45, 7) is 0.498. The minimum atomic E-state index is -0.757. The molecule has 0 aliphatic carbocycles. The number of halogens is 1. The van der Waals surface area contributed by atoms with E-state index in [-0.39, 0.29) is 22.4 Å². The third kappa shape index (κ3) is 3.79. The topological polar surface area (TPSA) is 138 Å². The van der Waals surface area contributed by atoms with Crippen LogP contribution in [0.1, 0.15) is 0 Å². The number of ether oxygens (including phenoxy) is 2. The van der Waals surface area contributed by atoms with Gasteiger partial charge in [0.15, 0.2) is 27.4 Å². The van der Waals surface area contributed by atoms with E-state index in [1.165, 1.54) is 23.2 Å². The van der Waals surface area contributed by atoms with E-state index in [0.717, 1.165) is 4.57 Å². The summed E-state index contributed by atoms with van der Waals surface area (Å²) in [6.07, 6.45) is 0. The number of carbonyl (C=O) groups is 2. The van der Waals surface area contributed by atoms with Crippen molar-refractivity contribution < 1.29 is 19.1 Å².